The first kappa shape index (κ1) is 28.3. The minimum absolute atomic E-state index is 0.958. The van der Waals surface area contributed by atoms with E-state index >= 15 is 0 Å². The van der Waals surface area contributed by atoms with Gasteiger partial charge in [0.2, 0.25) is 0 Å². The third kappa shape index (κ3) is 4.56. The Bertz CT molecular complexity index is 2860. The van der Waals surface area contributed by atoms with Gasteiger partial charge in [0.05, 0.1) is 33.5 Å². The number of aromatic nitrogens is 3. The summed E-state index contributed by atoms with van der Waals surface area (Å²) in [6, 6.07) is 67.3. The zero-order valence-corrected chi connectivity index (χ0v) is 27.2. The molecule has 0 aliphatic heterocycles. The van der Waals surface area contributed by atoms with Gasteiger partial charge >= 0.3 is 0 Å². The molecule has 3 heterocycles. The van der Waals surface area contributed by atoms with Crippen molar-refractivity contribution < 1.29 is 0 Å². The molecule has 0 saturated heterocycles. The highest BCUT2D eigenvalue weighted by Crippen LogP contribution is 2.38. The number of nitrogens with zero attached hydrogens (tertiary/aromatic N) is 3. The van der Waals surface area contributed by atoms with E-state index < -0.39 is 0 Å². The summed E-state index contributed by atoms with van der Waals surface area (Å²) < 4.78 is 4.77. The van der Waals surface area contributed by atoms with Crippen molar-refractivity contribution in [2.75, 3.05) is 0 Å². The molecule has 0 aliphatic rings. The highest BCUT2D eigenvalue weighted by molar-refractivity contribution is 6.12. The van der Waals surface area contributed by atoms with Gasteiger partial charge in [-0.2, -0.15) is 0 Å². The second-order valence-electron chi connectivity index (χ2n) is 12.8. The van der Waals surface area contributed by atoms with Gasteiger partial charge < -0.3 is 9.13 Å². The van der Waals surface area contributed by atoms with Gasteiger partial charge in [-0.05, 0) is 77.9 Å². The summed E-state index contributed by atoms with van der Waals surface area (Å²) in [4.78, 5) is 5.06. The highest BCUT2D eigenvalue weighted by Gasteiger charge is 2.16. The maximum absolute atomic E-state index is 5.06. The second kappa shape index (κ2) is 11.5. The van der Waals surface area contributed by atoms with Crippen LogP contribution in [0.4, 0.5) is 0 Å². The molecule has 7 aromatic carbocycles. The van der Waals surface area contributed by atoms with Crippen LogP contribution in [0.25, 0.3) is 88.6 Å². The summed E-state index contributed by atoms with van der Waals surface area (Å²) in [6.07, 6.45) is 0. The number of fused-ring (bicyclic) bond motifs is 6. The van der Waals surface area contributed by atoms with Crippen molar-refractivity contribution in [2.24, 2.45) is 0 Å². The number of para-hydroxylation sites is 3. The first-order chi connectivity index (χ1) is 24.8. The van der Waals surface area contributed by atoms with Crippen LogP contribution in [0.2, 0.25) is 0 Å². The molecule has 0 amide bonds. The molecule has 0 bridgehead atoms. The number of pyridine rings is 1. The lowest BCUT2D eigenvalue weighted by Gasteiger charge is -2.11. The lowest BCUT2D eigenvalue weighted by molar-refractivity contribution is 1.18. The predicted molar refractivity (Wildman–Crippen MR) is 209 cm³/mol. The molecule has 0 atom stereocenters. The van der Waals surface area contributed by atoms with Crippen molar-refractivity contribution in [3.05, 3.63) is 188 Å². The van der Waals surface area contributed by atoms with Gasteiger partial charge in [-0.15, -0.1) is 0 Å². The van der Waals surface area contributed by atoms with E-state index in [0.29, 0.717) is 0 Å². The predicted octanol–water partition coefficient (Wildman–Crippen LogP) is 12.3. The lowest BCUT2D eigenvalue weighted by Crippen LogP contribution is -1.95. The first-order valence-electron chi connectivity index (χ1n) is 17.1. The van der Waals surface area contributed by atoms with Gasteiger partial charge in [0.25, 0.3) is 0 Å². The largest absolute Gasteiger partial charge is 0.309 e. The van der Waals surface area contributed by atoms with Crippen molar-refractivity contribution in [3.63, 3.8) is 0 Å². The van der Waals surface area contributed by atoms with Crippen LogP contribution in [0.1, 0.15) is 0 Å². The van der Waals surface area contributed by atoms with Crippen molar-refractivity contribution in [2.45, 2.75) is 0 Å². The van der Waals surface area contributed by atoms with Crippen molar-refractivity contribution in [1.29, 1.82) is 0 Å². The molecule has 10 rings (SSSR count). The molecule has 0 fully saturated rings. The van der Waals surface area contributed by atoms with Gasteiger partial charge in [-0.3, -0.25) is 0 Å². The SMILES string of the molecule is c1ccc(-c2cccc(-c3cccc(-n4c5ccccc5c5cc(-c6ccc7c8ccccc8n(-c8ccccc8)c7c6)ccc54)c3)n2)cc1. The van der Waals surface area contributed by atoms with Gasteiger partial charge in [0, 0.05) is 44.0 Å². The second-order valence-corrected chi connectivity index (χ2v) is 12.8. The Kier molecular flexibility index (Phi) is 6.49. The number of hydrogen-bond donors (Lipinski definition) is 0. The van der Waals surface area contributed by atoms with Crippen LogP contribution in [0.3, 0.4) is 0 Å². The molecule has 0 spiro atoms. The van der Waals surface area contributed by atoms with E-state index in [9.17, 15) is 0 Å². The normalized spacial score (nSPS) is 11.6. The van der Waals surface area contributed by atoms with Crippen LogP contribution in [-0.4, -0.2) is 14.1 Å². The van der Waals surface area contributed by atoms with Crippen molar-refractivity contribution in [3.8, 4) is 45.0 Å². The fourth-order valence-electron chi connectivity index (χ4n) is 7.61. The molecule has 0 saturated carbocycles. The van der Waals surface area contributed by atoms with Crippen LogP contribution in [0.15, 0.2) is 188 Å². The van der Waals surface area contributed by atoms with Crippen LogP contribution >= 0.6 is 0 Å². The molecular formula is C47H31N3. The molecule has 234 valence electrons. The molecule has 3 aromatic heterocycles. The molecule has 10 aromatic rings. The maximum Gasteiger partial charge on any atom is 0.0710 e. The Labute approximate surface area is 290 Å². The Balaban J connectivity index is 1.12. The average Bonchev–Trinajstić information content (AvgIpc) is 3.71. The van der Waals surface area contributed by atoms with Gasteiger partial charge in [-0.1, -0.05) is 121 Å². The molecular weight excluding hydrogens is 607 g/mol. The van der Waals surface area contributed by atoms with Crippen LogP contribution in [0.5, 0.6) is 0 Å². The summed E-state index contributed by atoms with van der Waals surface area (Å²) in [6.45, 7) is 0. The fourth-order valence-corrected chi connectivity index (χ4v) is 7.61. The van der Waals surface area contributed by atoms with Gasteiger partial charge in [0.1, 0.15) is 0 Å². The standard InChI is InChI=1S/C47H31N3/c1-3-13-32(14-4-1)42-21-12-22-43(48-42)35-15-11-18-37(29-35)50-45-24-10-8-20-39(45)41-30-33(26-28-46(41)50)34-25-27-40-38-19-7-9-23-44(38)49(47(40)31-34)36-16-5-2-6-17-36/h1-31H. The summed E-state index contributed by atoms with van der Waals surface area (Å²) in [5.41, 5.74) is 13.6. The minimum atomic E-state index is 0.958. The summed E-state index contributed by atoms with van der Waals surface area (Å²) in [5.74, 6) is 0. The fraction of sp³-hybridized carbons (Fsp3) is 0. The Morgan fingerprint density at radius 2 is 0.800 bits per heavy atom. The topological polar surface area (TPSA) is 22.8 Å². The highest BCUT2D eigenvalue weighted by atomic mass is 15.0. The van der Waals surface area contributed by atoms with E-state index in [1.54, 1.807) is 0 Å². The van der Waals surface area contributed by atoms with E-state index in [2.05, 4.69) is 191 Å². The molecule has 0 N–H and O–H groups in total. The molecule has 0 aliphatic carbocycles. The first-order valence-corrected chi connectivity index (χ1v) is 17.1. The monoisotopic (exact) mass is 637 g/mol. The van der Waals surface area contributed by atoms with E-state index in [-0.39, 0.29) is 0 Å². The maximum atomic E-state index is 5.06. The Morgan fingerprint density at radius 1 is 0.280 bits per heavy atom. The van der Waals surface area contributed by atoms with E-state index in [0.717, 1.165) is 28.2 Å². The summed E-state index contributed by atoms with van der Waals surface area (Å²) >= 11 is 0. The average molecular weight is 638 g/mol. The molecule has 3 heteroatoms. The van der Waals surface area contributed by atoms with Gasteiger partial charge in [0.15, 0.2) is 0 Å². The molecule has 0 unspecified atom stereocenters. The molecule has 3 nitrogen and oxygen atoms in total. The minimum Gasteiger partial charge on any atom is -0.309 e. The zero-order valence-electron chi connectivity index (χ0n) is 27.2. The smallest absolute Gasteiger partial charge is 0.0710 e. The Hall–Kier alpha value is -6.71. The quantitative estimate of drug-likeness (QED) is 0.184. The van der Waals surface area contributed by atoms with Gasteiger partial charge in [-0.25, -0.2) is 4.98 Å². The Morgan fingerprint density at radius 3 is 1.58 bits per heavy atom. The molecule has 50 heavy (non-hydrogen) atoms. The summed E-state index contributed by atoms with van der Waals surface area (Å²) in [7, 11) is 0. The van der Waals surface area contributed by atoms with Crippen molar-refractivity contribution >= 4 is 43.6 Å². The zero-order chi connectivity index (χ0) is 33.0. The van der Waals surface area contributed by atoms with E-state index in [4.69, 9.17) is 4.98 Å². The van der Waals surface area contributed by atoms with Crippen LogP contribution in [0, 0.1) is 0 Å². The molecule has 0 radical (unpaired) electrons. The third-order valence-electron chi connectivity index (χ3n) is 9.91. The van der Waals surface area contributed by atoms with Crippen molar-refractivity contribution in [1.82, 2.24) is 14.1 Å². The van der Waals surface area contributed by atoms with E-state index in [1.165, 1.54) is 60.4 Å². The third-order valence-corrected chi connectivity index (χ3v) is 9.91. The number of rotatable bonds is 5. The summed E-state index contributed by atoms with van der Waals surface area (Å²) in [5, 5.41) is 4.99. The van der Waals surface area contributed by atoms with E-state index in [1.807, 2.05) is 6.07 Å². The van der Waals surface area contributed by atoms with Crippen LogP contribution in [-0.2, 0) is 0 Å². The lowest BCUT2D eigenvalue weighted by atomic mass is 10.0. The number of hydrogen-bond acceptors (Lipinski definition) is 1. The van der Waals surface area contributed by atoms with Crippen LogP contribution < -0.4 is 0 Å². The number of benzene rings is 7.